The van der Waals surface area contributed by atoms with Crippen molar-refractivity contribution in [2.45, 2.75) is 25.7 Å². The van der Waals surface area contributed by atoms with Crippen molar-refractivity contribution in [2.24, 2.45) is 0 Å². The minimum Gasteiger partial charge on any atom is -0.481 e. The third-order valence-electron chi connectivity index (χ3n) is 1.97. The Kier molecular flexibility index (Phi) is 8.44. The maximum absolute atomic E-state index is 11.1. The molecule has 7 heteroatoms. The van der Waals surface area contributed by atoms with E-state index in [1.807, 2.05) is 0 Å². The molecule has 0 fully saturated rings. The maximum Gasteiger partial charge on any atom is 0.325 e. The summed E-state index contributed by atoms with van der Waals surface area (Å²) in [4.78, 5) is 31.9. The van der Waals surface area contributed by atoms with Gasteiger partial charge in [0.05, 0.1) is 7.11 Å². The Morgan fingerprint density at radius 1 is 1.12 bits per heavy atom. The molecular formula is C10H18N2O5. The van der Waals surface area contributed by atoms with Crippen LogP contribution in [-0.2, 0) is 14.3 Å². The molecule has 7 nitrogen and oxygen atoms in total. The fourth-order valence-electron chi connectivity index (χ4n) is 1.07. The molecule has 17 heavy (non-hydrogen) atoms. The van der Waals surface area contributed by atoms with Crippen molar-refractivity contribution in [1.29, 1.82) is 0 Å². The van der Waals surface area contributed by atoms with Gasteiger partial charge in [-0.3, -0.25) is 9.59 Å². The topological polar surface area (TPSA) is 105 Å². The molecule has 0 saturated heterocycles. The van der Waals surface area contributed by atoms with Crippen molar-refractivity contribution in [1.82, 2.24) is 10.6 Å². The SMILES string of the molecule is COC(=O)CNC(=O)NCCCCCC(=O)O. The quantitative estimate of drug-likeness (QED) is 0.416. The van der Waals surface area contributed by atoms with Gasteiger partial charge in [-0.15, -0.1) is 0 Å². The first-order valence-corrected chi connectivity index (χ1v) is 5.36. The van der Waals surface area contributed by atoms with E-state index in [9.17, 15) is 14.4 Å². The number of carboxylic acids is 1. The van der Waals surface area contributed by atoms with E-state index in [1.165, 1.54) is 7.11 Å². The van der Waals surface area contributed by atoms with Gasteiger partial charge < -0.3 is 20.5 Å². The van der Waals surface area contributed by atoms with Crippen molar-refractivity contribution in [3.63, 3.8) is 0 Å². The zero-order valence-corrected chi connectivity index (χ0v) is 9.82. The number of carboxylic acid groups (broad SMARTS) is 1. The number of hydrogen-bond acceptors (Lipinski definition) is 4. The van der Waals surface area contributed by atoms with Crippen LogP contribution in [0.15, 0.2) is 0 Å². The van der Waals surface area contributed by atoms with Crippen molar-refractivity contribution in [3.8, 4) is 0 Å². The average molecular weight is 246 g/mol. The van der Waals surface area contributed by atoms with Crippen LogP contribution in [0.25, 0.3) is 0 Å². The van der Waals surface area contributed by atoms with Crippen LogP contribution in [0.5, 0.6) is 0 Å². The first kappa shape index (κ1) is 15.2. The van der Waals surface area contributed by atoms with Gasteiger partial charge in [0, 0.05) is 13.0 Å². The summed E-state index contributed by atoms with van der Waals surface area (Å²) >= 11 is 0. The molecule has 3 N–H and O–H groups in total. The number of urea groups is 1. The second-order valence-corrected chi connectivity index (χ2v) is 3.39. The zero-order chi connectivity index (χ0) is 13.1. The Balaban J connectivity index is 3.33. The molecule has 0 atom stereocenters. The van der Waals surface area contributed by atoms with Gasteiger partial charge >= 0.3 is 18.0 Å². The van der Waals surface area contributed by atoms with E-state index in [0.717, 1.165) is 6.42 Å². The molecule has 0 saturated carbocycles. The molecule has 2 amide bonds. The molecule has 98 valence electrons. The number of nitrogens with one attached hydrogen (secondary N) is 2. The molecule has 0 rings (SSSR count). The summed E-state index contributed by atoms with van der Waals surface area (Å²) in [6, 6.07) is -0.436. The predicted octanol–water partition coefficient (Wildman–Crippen LogP) is 0.104. The molecule has 0 aromatic rings. The van der Waals surface area contributed by atoms with E-state index in [4.69, 9.17) is 5.11 Å². The summed E-state index contributed by atoms with van der Waals surface area (Å²) in [6.07, 6.45) is 2.19. The second kappa shape index (κ2) is 9.44. The Morgan fingerprint density at radius 2 is 1.82 bits per heavy atom. The summed E-state index contributed by atoms with van der Waals surface area (Å²) in [6.45, 7) is 0.286. The van der Waals surface area contributed by atoms with Gasteiger partial charge in [-0.2, -0.15) is 0 Å². The fraction of sp³-hybridized carbons (Fsp3) is 0.700. The molecule has 0 radical (unpaired) electrons. The maximum atomic E-state index is 11.1. The van der Waals surface area contributed by atoms with Crippen molar-refractivity contribution < 1.29 is 24.2 Å². The van der Waals surface area contributed by atoms with Crippen molar-refractivity contribution in [3.05, 3.63) is 0 Å². The second-order valence-electron chi connectivity index (χ2n) is 3.39. The highest BCUT2D eigenvalue weighted by atomic mass is 16.5. The third kappa shape index (κ3) is 10.5. The standard InChI is InChI=1S/C10H18N2O5/c1-17-9(15)7-12-10(16)11-6-4-2-3-5-8(13)14/h2-7H2,1H3,(H,13,14)(H2,11,12,16). The van der Waals surface area contributed by atoms with E-state index in [0.29, 0.717) is 19.4 Å². The van der Waals surface area contributed by atoms with Gasteiger partial charge in [0.1, 0.15) is 6.54 Å². The normalized spacial score (nSPS) is 9.47. The number of ether oxygens (including phenoxy) is 1. The predicted molar refractivity (Wildman–Crippen MR) is 59.5 cm³/mol. The van der Waals surface area contributed by atoms with Crippen LogP contribution in [0.1, 0.15) is 25.7 Å². The lowest BCUT2D eigenvalue weighted by atomic mass is 10.2. The molecule has 0 aliphatic rings. The van der Waals surface area contributed by atoms with Crippen molar-refractivity contribution in [2.75, 3.05) is 20.2 Å². The monoisotopic (exact) mass is 246 g/mol. The van der Waals surface area contributed by atoms with Gasteiger partial charge in [-0.1, -0.05) is 6.42 Å². The van der Waals surface area contributed by atoms with Crippen LogP contribution < -0.4 is 10.6 Å². The fourth-order valence-corrected chi connectivity index (χ4v) is 1.07. The highest BCUT2D eigenvalue weighted by Gasteiger charge is 2.03. The zero-order valence-electron chi connectivity index (χ0n) is 9.82. The Hall–Kier alpha value is -1.79. The third-order valence-corrected chi connectivity index (χ3v) is 1.97. The average Bonchev–Trinajstić information content (AvgIpc) is 2.30. The smallest absolute Gasteiger partial charge is 0.325 e. The Labute approximate surface area is 99.5 Å². The molecule has 0 aromatic carbocycles. The molecule has 0 spiro atoms. The van der Waals surface area contributed by atoms with E-state index < -0.39 is 18.0 Å². The number of amides is 2. The van der Waals surface area contributed by atoms with Crippen LogP contribution in [0, 0.1) is 0 Å². The lowest BCUT2D eigenvalue weighted by Gasteiger charge is -2.06. The highest BCUT2D eigenvalue weighted by Crippen LogP contribution is 1.98. The van der Waals surface area contributed by atoms with Gasteiger partial charge in [0.15, 0.2) is 0 Å². The van der Waals surface area contributed by atoms with Gasteiger partial charge in [-0.25, -0.2) is 4.79 Å². The number of carbonyl (C=O) groups is 3. The van der Waals surface area contributed by atoms with Crippen LogP contribution in [0.4, 0.5) is 4.79 Å². The van der Waals surface area contributed by atoms with Crippen LogP contribution >= 0.6 is 0 Å². The minimum atomic E-state index is -0.811. The van der Waals surface area contributed by atoms with Crippen molar-refractivity contribution >= 4 is 18.0 Å². The number of aliphatic carboxylic acids is 1. The number of esters is 1. The largest absolute Gasteiger partial charge is 0.481 e. The van der Waals surface area contributed by atoms with Crippen LogP contribution in [0.3, 0.4) is 0 Å². The first-order chi connectivity index (χ1) is 8.06. The molecule has 0 unspecified atom stereocenters. The number of carbonyl (C=O) groups excluding carboxylic acids is 2. The molecule has 0 heterocycles. The number of rotatable bonds is 8. The van der Waals surface area contributed by atoms with Crippen LogP contribution in [0.2, 0.25) is 0 Å². The minimum absolute atomic E-state index is 0.147. The summed E-state index contributed by atoms with van der Waals surface area (Å²) < 4.78 is 4.34. The Bertz CT molecular complexity index is 267. The van der Waals surface area contributed by atoms with E-state index in [1.54, 1.807) is 0 Å². The summed E-state index contributed by atoms with van der Waals surface area (Å²) in [5.41, 5.74) is 0. The molecular weight excluding hydrogens is 228 g/mol. The summed E-state index contributed by atoms with van der Waals surface area (Å²) in [7, 11) is 1.24. The van der Waals surface area contributed by atoms with Gasteiger partial charge in [0.2, 0.25) is 0 Å². The molecule has 0 aliphatic heterocycles. The van der Waals surface area contributed by atoms with E-state index in [-0.39, 0.29) is 13.0 Å². The van der Waals surface area contributed by atoms with Crippen LogP contribution in [-0.4, -0.2) is 43.3 Å². The summed E-state index contributed by atoms with van der Waals surface area (Å²) in [5.74, 6) is -1.32. The van der Waals surface area contributed by atoms with Gasteiger partial charge in [0.25, 0.3) is 0 Å². The van der Waals surface area contributed by atoms with E-state index >= 15 is 0 Å². The number of hydrogen-bond donors (Lipinski definition) is 3. The van der Waals surface area contributed by atoms with E-state index in [2.05, 4.69) is 15.4 Å². The Morgan fingerprint density at radius 3 is 2.41 bits per heavy atom. The number of unbranched alkanes of at least 4 members (excludes halogenated alkanes) is 2. The molecule has 0 aromatic heterocycles. The first-order valence-electron chi connectivity index (χ1n) is 5.36. The molecule has 0 aliphatic carbocycles. The lowest BCUT2D eigenvalue weighted by Crippen LogP contribution is -2.39. The number of methoxy groups -OCH3 is 1. The lowest BCUT2D eigenvalue weighted by molar-refractivity contribution is -0.139. The van der Waals surface area contributed by atoms with Gasteiger partial charge in [-0.05, 0) is 12.8 Å². The highest BCUT2D eigenvalue weighted by molar-refractivity contribution is 5.80. The summed E-state index contributed by atoms with van der Waals surface area (Å²) in [5, 5.41) is 13.2. The molecule has 0 bridgehead atoms.